The fourth-order valence-electron chi connectivity index (χ4n) is 14.5. The molecule has 0 radical (unpaired) electrons. The first-order chi connectivity index (χ1) is 65.4. The average Bonchev–Trinajstić information content (AvgIpc) is 1.60. The Balaban J connectivity index is 0.000000196. The van der Waals surface area contributed by atoms with E-state index in [9.17, 15) is 33.9 Å². The quantitative estimate of drug-likeness (QED) is 0.0102. The van der Waals surface area contributed by atoms with Crippen LogP contribution in [0.3, 0.4) is 0 Å². The molecule has 9 aromatic carbocycles. The van der Waals surface area contributed by atoms with E-state index in [-0.39, 0.29) is 59.9 Å². The van der Waals surface area contributed by atoms with E-state index in [4.69, 9.17) is 40.0 Å². The summed E-state index contributed by atoms with van der Waals surface area (Å²) in [6, 6.07) is 61.5. The van der Waals surface area contributed by atoms with Gasteiger partial charge >= 0.3 is 132 Å². The molecule has 0 saturated carbocycles. The van der Waals surface area contributed by atoms with Crippen molar-refractivity contribution in [2.24, 2.45) is 9.98 Å². The van der Waals surface area contributed by atoms with E-state index >= 15 is 0 Å². The first-order valence-corrected chi connectivity index (χ1v) is 56.1. The predicted molar refractivity (Wildman–Crippen MR) is 562 cm³/mol. The SMILES string of the molecule is C=[C](C)[Sn]([CH2]CCC)([CH2]CCC)[CH2]CCC.COC(=O)CBr.COC(=O)Cn1nc(C(C)=O)c2cc(O)c(C)cc21.COC(=O)Cn1nc(C(C)=O)c2cc(OCc3ccccc3)c(C)cc21.COC(=O)Cn1nc(I)c2cc(OCc3ccccc3)c(C)cc21.Cc1cc2c(cc1OCc1ccccc1)C(I)=NC2.Cc1cc2c(cc1OCc1ccccc1)C=NC2.ClCc1ncccn1. The van der Waals surface area contributed by atoms with E-state index in [1.165, 1.54) is 141 Å². The number of hydrogen-bond donors (Lipinski definition) is 1. The smallest absolute Gasteiger partial charge is 0.327 e. The number of aliphatic imine (C=N–C) groups is 2. The van der Waals surface area contributed by atoms with Crippen LogP contribution >= 0.6 is 72.7 Å². The molecule has 30 heteroatoms. The molecule has 15 rings (SSSR count). The van der Waals surface area contributed by atoms with Crippen LogP contribution in [0.5, 0.6) is 28.7 Å². The van der Waals surface area contributed by atoms with Gasteiger partial charge in [0.25, 0.3) is 0 Å². The van der Waals surface area contributed by atoms with Gasteiger partial charge in [0.05, 0.1) is 64.0 Å². The zero-order chi connectivity index (χ0) is 98.8. The molecule has 0 aliphatic carbocycles. The van der Waals surface area contributed by atoms with E-state index in [0.717, 1.165) is 70.9 Å². The van der Waals surface area contributed by atoms with Gasteiger partial charge in [-0.15, -0.1) is 11.6 Å². The van der Waals surface area contributed by atoms with E-state index < -0.39 is 30.3 Å². The molecule has 13 aromatic rings. The number of fused-ring (bicyclic) bond motifs is 5. The number of benzene rings is 9. The molecule has 0 bridgehead atoms. The van der Waals surface area contributed by atoms with E-state index in [0.29, 0.717) is 76.9 Å². The Kier molecular flexibility index (Phi) is 46.2. The van der Waals surface area contributed by atoms with Crippen LogP contribution in [0.4, 0.5) is 0 Å². The van der Waals surface area contributed by atoms with Gasteiger partial charge in [-0.25, -0.2) is 9.97 Å². The molecule has 0 amide bonds. The number of phenols is 1. The molecule has 0 fully saturated rings. The van der Waals surface area contributed by atoms with Gasteiger partial charge in [0.15, 0.2) is 11.6 Å². The third kappa shape index (κ3) is 33.6. The van der Waals surface area contributed by atoms with Gasteiger partial charge in [0.2, 0.25) is 0 Å². The normalized spacial score (nSPS) is 11.2. The van der Waals surface area contributed by atoms with E-state index in [2.05, 4.69) is 202 Å². The molecular weight excluding hydrogens is 2140 g/mol. The van der Waals surface area contributed by atoms with Crippen LogP contribution in [0.2, 0.25) is 13.3 Å². The maximum atomic E-state index is 12.0. The van der Waals surface area contributed by atoms with Crippen molar-refractivity contribution in [3.63, 3.8) is 0 Å². The Morgan fingerprint density at radius 1 is 0.463 bits per heavy atom. The number of unbranched alkanes of at least 4 members (excludes halogenated alkanes) is 3. The Hall–Kier alpha value is -11.2. The van der Waals surface area contributed by atoms with E-state index in [1.54, 1.807) is 53.0 Å². The van der Waals surface area contributed by atoms with Crippen LogP contribution in [-0.2, 0) is 103 Å². The number of methoxy groups -OCH3 is 4. The van der Waals surface area contributed by atoms with Gasteiger partial charge in [0.1, 0.15) is 105 Å². The zero-order valence-corrected chi connectivity index (χ0v) is 89.6. The monoisotopic (exact) mass is 2260 g/mol. The predicted octanol–water partition coefficient (Wildman–Crippen LogP) is 23.9. The van der Waals surface area contributed by atoms with Gasteiger partial charge in [-0.1, -0.05) is 137 Å². The van der Waals surface area contributed by atoms with Crippen molar-refractivity contribution >= 4 is 169 Å². The van der Waals surface area contributed by atoms with Crippen LogP contribution in [0, 0.1) is 38.3 Å². The van der Waals surface area contributed by atoms with Crippen LogP contribution in [0.15, 0.2) is 221 Å². The summed E-state index contributed by atoms with van der Waals surface area (Å²) in [5.41, 5.74) is 17.2. The molecule has 6 heterocycles. The van der Waals surface area contributed by atoms with Crippen LogP contribution in [-0.4, -0.2) is 142 Å². The van der Waals surface area contributed by atoms with Crippen molar-refractivity contribution < 1.29 is 71.8 Å². The summed E-state index contributed by atoms with van der Waals surface area (Å²) >= 11 is 10.8. The molecule has 0 saturated heterocycles. The number of aromatic nitrogens is 8. The number of aryl methyl sites for hydroxylation is 5. The first kappa shape index (κ1) is 110. The summed E-state index contributed by atoms with van der Waals surface area (Å²) in [4.78, 5) is 84.4. The summed E-state index contributed by atoms with van der Waals surface area (Å²) in [6.45, 7) is 30.1. The Labute approximate surface area is 842 Å². The van der Waals surface area contributed by atoms with E-state index in [1.807, 2.05) is 141 Å². The second kappa shape index (κ2) is 57.1. The van der Waals surface area contributed by atoms with Crippen molar-refractivity contribution in [2.45, 2.75) is 193 Å². The van der Waals surface area contributed by atoms with Crippen molar-refractivity contribution in [1.29, 1.82) is 0 Å². The number of carbonyl (C=O) groups excluding carboxylic acids is 6. The largest absolute Gasteiger partial charge is 0.508 e. The number of esters is 4. The standard InChI is InChI=1S/C20H20N2O4.C18H17IN2O3.C16H14INO.C16H15NO.C13H14N2O4.C5H5ClN2.3C4H9.C3H5BrO2.C3H5.Sn/c1-13-9-17-16(10-18(13)26-12-15-7-5-4-6-8-15)20(14(2)23)21-22(17)11-19(24)25-3;1-12-8-15-14(18(19)20-21(15)10-17(22)23-2)9-16(12)24-11-13-6-4-3-5-7-13;1-11-7-13-9-18-16(17)14(13)8-15(11)19-10-12-5-3-2-4-6-12;1-12-7-14-9-17-10-15(14)8-16(12)18-11-13-5-3-2-4-6-13;1-7-4-10-9(5-11(7)17)13(8(2)16)14-15(10)6-12(18)19-3;6-4-5-7-2-1-3-8-5;3*1-3-4-2;1-6-3(5)2-4;1-3-2;/h4-10H,11-12H2,1-3H3;3-9H,10-11H2,1-2H3;2-8H,9-10H2,1H3;2-8,10H,9,11H2,1H3;4-5,17H,6H2,1-3H3;1-3H,4H2;3*1,3-4H2,2H3;2H2,1H3;1H2,2H3;. The summed E-state index contributed by atoms with van der Waals surface area (Å²) in [5, 5.41) is 25.0. The summed E-state index contributed by atoms with van der Waals surface area (Å²) in [5.74, 6) is 2.73. The number of carbonyl (C=O) groups is 6. The third-order valence-electron chi connectivity index (χ3n) is 22.2. The van der Waals surface area contributed by atoms with Gasteiger partial charge in [-0.05, 0) is 208 Å². The number of phenolic OH excluding ortho intramolecular Hbond substituents is 1. The second-order valence-electron chi connectivity index (χ2n) is 32.4. The second-order valence-corrected chi connectivity index (χ2v) is 49.3. The summed E-state index contributed by atoms with van der Waals surface area (Å²) in [6.07, 6.45) is 13.7. The minimum absolute atomic E-state index is 0.0516. The fourth-order valence-corrected chi connectivity index (χ4v) is 30.8. The van der Waals surface area contributed by atoms with Crippen molar-refractivity contribution in [3.05, 3.63) is 304 Å². The van der Waals surface area contributed by atoms with Crippen molar-refractivity contribution in [1.82, 2.24) is 39.3 Å². The number of Topliss-reactive ketones (excluding diaryl/α,β-unsaturated/α-hetero) is 2. The number of ketones is 2. The van der Waals surface area contributed by atoms with Crippen molar-refractivity contribution in [3.8, 4) is 28.7 Å². The Bertz CT molecular complexity index is 6180. The number of ether oxygens (including phenoxy) is 8. The van der Waals surface area contributed by atoms with Gasteiger partial charge in [-0.2, -0.15) is 15.3 Å². The molecule has 2 aliphatic heterocycles. The maximum Gasteiger partial charge on any atom is 0.327 e. The number of hydrogen-bond acceptors (Lipinski definition) is 22. The number of halogens is 4. The minimum atomic E-state index is -1.94. The first-order valence-electron chi connectivity index (χ1n) is 44.8. The van der Waals surface area contributed by atoms with Crippen LogP contribution in [0.1, 0.15) is 179 Å². The Morgan fingerprint density at radius 3 is 1.21 bits per heavy atom. The van der Waals surface area contributed by atoms with Crippen LogP contribution in [0.25, 0.3) is 32.7 Å². The van der Waals surface area contributed by atoms with Gasteiger partial charge < -0.3 is 43.0 Å². The third-order valence-corrected chi connectivity index (χ3v) is 41.0. The zero-order valence-electron chi connectivity index (χ0n) is 80.1. The Morgan fingerprint density at radius 2 is 0.831 bits per heavy atom. The molecule has 0 spiro atoms. The molecule has 136 heavy (non-hydrogen) atoms. The molecule has 4 aromatic heterocycles. The number of alkyl halides is 2. The molecule has 25 nitrogen and oxygen atoms in total. The number of nitrogens with zero attached hydrogens (tertiary/aromatic N) is 10. The molecule has 0 unspecified atom stereocenters. The number of aromatic hydroxyl groups is 1. The fraction of sp³-hybridized carbons (Fsp3) is 0.330. The maximum absolute atomic E-state index is 12.0. The molecule has 718 valence electrons. The molecular formula is C106H122BrClI2N10O15Sn. The van der Waals surface area contributed by atoms with Crippen LogP contribution < -0.4 is 18.9 Å². The molecule has 2 aliphatic rings. The molecule has 1 N–H and O–H groups in total. The minimum Gasteiger partial charge on any atom is -0.508 e. The number of rotatable bonds is 32. The molecule has 0 atom stereocenters. The summed E-state index contributed by atoms with van der Waals surface area (Å²) < 4.78 is 54.8. The topological polar surface area (TPSA) is 300 Å². The van der Waals surface area contributed by atoms with Crippen molar-refractivity contribution in [2.75, 3.05) is 33.8 Å². The average molecular weight is 2260 g/mol. The van der Waals surface area contributed by atoms with Gasteiger partial charge in [0, 0.05) is 59.7 Å². The van der Waals surface area contributed by atoms with Gasteiger partial charge in [-0.3, -0.25) is 52.8 Å². The number of allylic oxidation sites excluding steroid dienone is 1. The summed E-state index contributed by atoms with van der Waals surface area (Å²) in [7, 11) is 5.33.